The first-order valence-electron chi connectivity index (χ1n) is 6.03. The van der Waals surface area contributed by atoms with Crippen LogP contribution in [0.1, 0.15) is 18.7 Å². The van der Waals surface area contributed by atoms with Crippen molar-refractivity contribution in [3.63, 3.8) is 0 Å². The lowest BCUT2D eigenvalue weighted by Crippen LogP contribution is -2.10. The molecule has 2 heterocycles. The summed E-state index contributed by atoms with van der Waals surface area (Å²) >= 11 is 5.94. The normalized spacial score (nSPS) is 12.5. The average Bonchev–Trinajstić information content (AvgIpc) is 2.78. The number of anilines is 1. The lowest BCUT2D eigenvalue weighted by molar-refractivity contribution is 0.219. The Bertz CT molecular complexity index is 757. The minimum absolute atomic E-state index is 0.180. The Morgan fingerprint density at radius 2 is 2.20 bits per heavy atom. The highest BCUT2D eigenvalue weighted by Crippen LogP contribution is 2.24. The van der Waals surface area contributed by atoms with E-state index in [0.717, 1.165) is 5.69 Å². The Labute approximate surface area is 120 Å². The number of rotatable bonds is 3. The van der Waals surface area contributed by atoms with Gasteiger partial charge in [0, 0.05) is 11.2 Å². The Morgan fingerprint density at radius 1 is 1.35 bits per heavy atom. The van der Waals surface area contributed by atoms with Gasteiger partial charge in [-0.25, -0.2) is 4.98 Å². The van der Waals surface area contributed by atoms with E-state index < -0.39 is 0 Å². The van der Waals surface area contributed by atoms with Crippen molar-refractivity contribution in [2.75, 3.05) is 5.73 Å². The second kappa shape index (κ2) is 4.97. The number of nitrogens with zero attached hydrogens (tertiary/aromatic N) is 4. The summed E-state index contributed by atoms with van der Waals surface area (Å²) < 4.78 is 7.43. The van der Waals surface area contributed by atoms with Crippen LogP contribution in [-0.2, 0) is 0 Å². The monoisotopic (exact) mass is 289 g/mol. The molecule has 0 saturated heterocycles. The molecule has 6 nitrogen and oxygen atoms in total. The molecule has 2 aromatic heterocycles. The minimum atomic E-state index is -0.250. The van der Waals surface area contributed by atoms with E-state index in [0.29, 0.717) is 16.5 Å². The first-order chi connectivity index (χ1) is 9.63. The lowest BCUT2D eigenvalue weighted by atomic mass is 10.2. The summed E-state index contributed by atoms with van der Waals surface area (Å²) in [5.41, 5.74) is 6.40. The molecule has 3 rings (SSSR count). The van der Waals surface area contributed by atoms with Crippen LogP contribution in [0.25, 0.3) is 5.78 Å². The minimum Gasteiger partial charge on any atom is -0.484 e. The molecule has 0 amide bonds. The molecule has 0 aliphatic heterocycles. The van der Waals surface area contributed by atoms with Gasteiger partial charge in [-0.2, -0.15) is 9.50 Å². The molecule has 20 heavy (non-hydrogen) atoms. The third-order valence-corrected chi connectivity index (χ3v) is 3.05. The topological polar surface area (TPSA) is 78.3 Å². The van der Waals surface area contributed by atoms with Crippen LogP contribution in [0.2, 0.25) is 5.02 Å². The maximum absolute atomic E-state index is 5.94. The van der Waals surface area contributed by atoms with E-state index in [-0.39, 0.29) is 12.1 Å². The number of hydrogen-bond donors (Lipinski definition) is 1. The van der Waals surface area contributed by atoms with Gasteiger partial charge in [0.05, 0.1) is 5.69 Å². The smallest absolute Gasteiger partial charge is 0.254 e. The molecule has 0 saturated carbocycles. The second-order valence-electron chi connectivity index (χ2n) is 4.27. The lowest BCUT2D eigenvalue weighted by Gasteiger charge is -2.15. The van der Waals surface area contributed by atoms with E-state index >= 15 is 0 Å². The predicted octanol–water partition coefficient (Wildman–Crippen LogP) is 2.50. The zero-order valence-corrected chi connectivity index (χ0v) is 11.4. The Morgan fingerprint density at radius 3 is 3.00 bits per heavy atom. The van der Waals surface area contributed by atoms with Crippen LogP contribution in [0.5, 0.6) is 5.75 Å². The van der Waals surface area contributed by atoms with E-state index in [1.54, 1.807) is 22.8 Å². The van der Waals surface area contributed by atoms with Gasteiger partial charge in [0.25, 0.3) is 5.78 Å². The van der Waals surface area contributed by atoms with Crippen molar-refractivity contribution in [3.05, 3.63) is 47.2 Å². The van der Waals surface area contributed by atoms with E-state index in [1.807, 2.05) is 25.1 Å². The Kier molecular flexibility index (Phi) is 3.15. The molecule has 102 valence electrons. The van der Waals surface area contributed by atoms with Crippen LogP contribution in [0, 0.1) is 0 Å². The maximum atomic E-state index is 5.94. The second-order valence-corrected chi connectivity index (χ2v) is 4.71. The van der Waals surface area contributed by atoms with Crippen molar-refractivity contribution in [1.82, 2.24) is 19.6 Å². The molecule has 0 aliphatic rings. The van der Waals surface area contributed by atoms with Gasteiger partial charge < -0.3 is 10.5 Å². The van der Waals surface area contributed by atoms with Crippen molar-refractivity contribution < 1.29 is 4.74 Å². The van der Waals surface area contributed by atoms with Crippen molar-refractivity contribution in [2.24, 2.45) is 0 Å². The Balaban J connectivity index is 1.94. The van der Waals surface area contributed by atoms with Gasteiger partial charge in [-0.1, -0.05) is 17.7 Å². The molecule has 0 fully saturated rings. The summed E-state index contributed by atoms with van der Waals surface area (Å²) in [4.78, 5) is 8.12. The largest absolute Gasteiger partial charge is 0.484 e. The third kappa shape index (κ3) is 2.37. The van der Waals surface area contributed by atoms with Gasteiger partial charge in [-0.15, -0.1) is 5.10 Å². The van der Waals surface area contributed by atoms with Crippen molar-refractivity contribution in [3.8, 4) is 5.75 Å². The summed E-state index contributed by atoms with van der Waals surface area (Å²) in [6, 6.07) is 9.04. The van der Waals surface area contributed by atoms with E-state index in [9.17, 15) is 0 Å². The number of hydrogen-bond acceptors (Lipinski definition) is 5. The predicted molar refractivity (Wildman–Crippen MR) is 75.7 cm³/mol. The number of benzene rings is 1. The summed E-state index contributed by atoms with van der Waals surface area (Å²) in [5.74, 6) is 1.31. The SMILES string of the molecule is C[C@@H](Oc1cccc(Cl)c1)c1ccnc2nc(N)nn12. The van der Waals surface area contributed by atoms with Crippen LogP contribution in [-0.4, -0.2) is 19.6 Å². The van der Waals surface area contributed by atoms with E-state index in [1.165, 1.54) is 0 Å². The van der Waals surface area contributed by atoms with Crippen molar-refractivity contribution in [1.29, 1.82) is 0 Å². The number of halogens is 1. The molecular formula is C13H12ClN5O. The van der Waals surface area contributed by atoms with Gasteiger partial charge >= 0.3 is 0 Å². The molecule has 0 bridgehead atoms. The maximum Gasteiger partial charge on any atom is 0.254 e. The molecule has 0 aliphatic carbocycles. The number of fused-ring (bicyclic) bond motifs is 1. The molecular weight excluding hydrogens is 278 g/mol. The van der Waals surface area contributed by atoms with Crippen LogP contribution >= 0.6 is 11.6 Å². The van der Waals surface area contributed by atoms with Gasteiger partial charge in [-0.05, 0) is 31.2 Å². The van der Waals surface area contributed by atoms with Crippen LogP contribution < -0.4 is 10.5 Å². The van der Waals surface area contributed by atoms with Crippen molar-refractivity contribution in [2.45, 2.75) is 13.0 Å². The average molecular weight is 290 g/mol. The van der Waals surface area contributed by atoms with Gasteiger partial charge in [0.15, 0.2) is 0 Å². The molecule has 0 radical (unpaired) electrons. The summed E-state index contributed by atoms with van der Waals surface area (Å²) in [6.45, 7) is 1.91. The van der Waals surface area contributed by atoms with Crippen LogP contribution in [0.4, 0.5) is 5.95 Å². The summed E-state index contributed by atoms with van der Waals surface area (Å²) in [6.07, 6.45) is 1.40. The fraction of sp³-hybridized carbons (Fsp3) is 0.154. The highest BCUT2D eigenvalue weighted by atomic mass is 35.5. The van der Waals surface area contributed by atoms with E-state index in [4.69, 9.17) is 22.1 Å². The zero-order chi connectivity index (χ0) is 14.1. The molecule has 2 N–H and O–H groups in total. The summed E-state index contributed by atoms with van der Waals surface area (Å²) in [7, 11) is 0. The first-order valence-corrected chi connectivity index (χ1v) is 6.40. The number of ether oxygens (including phenoxy) is 1. The molecule has 7 heteroatoms. The zero-order valence-electron chi connectivity index (χ0n) is 10.7. The Hall–Kier alpha value is -2.34. The highest BCUT2D eigenvalue weighted by Gasteiger charge is 2.14. The van der Waals surface area contributed by atoms with Gasteiger partial charge in [-0.3, -0.25) is 0 Å². The number of nitrogen functional groups attached to an aromatic ring is 1. The van der Waals surface area contributed by atoms with E-state index in [2.05, 4.69) is 15.1 Å². The molecule has 1 aromatic carbocycles. The summed E-state index contributed by atoms with van der Waals surface area (Å²) in [5, 5.41) is 4.73. The number of nitrogens with two attached hydrogens (primary N) is 1. The first kappa shape index (κ1) is 12.7. The fourth-order valence-electron chi connectivity index (χ4n) is 1.94. The van der Waals surface area contributed by atoms with Gasteiger partial charge in [0.1, 0.15) is 11.9 Å². The fourth-order valence-corrected chi connectivity index (χ4v) is 2.12. The molecule has 0 unspecified atom stereocenters. The molecule has 3 aromatic rings. The van der Waals surface area contributed by atoms with Crippen LogP contribution in [0.3, 0.4) is 0 Å². The third-order valence-electron chi connectivity index (χ3n) is 2.81. The standard InChI is InChI=1S/C13H12ClN5O/c1-8(20-10-4-2-3-9(14)7-10)11-5-6-16-13-17-12(15)18-19(11)13/h2-8H,1H3,(H2,15,18)/t8-/m1/s1. The molecule has 1 atom stereocenters. The van der Waals surface area contributed by atoms with Crippen molar-refractivity contribution >= 4 is 23.3 Å². The number of aromatic nitrogens is 4. The van der Waals surface area contributed by atoms with Crippen LogP contribution in [0.15, 0.2) is 36.5 Å². The highest BCUT2D eigenvalue weighted by molar-refractivity contribution is 6.30. The molecule has 0 spiro atoms. The van der Waals surface area contributed by atoms with Gasteiger partial charge in [0.2, 0.25) is 5.95 Å². The quantitative estimate of drug-likeness (QED) is 0.801.